The topological polar surface area (TPSA) is 65.2 Å². The van der Waals surface area contributed by atoms with Crippen LogP contribution in [0.4, 0.5) is 0 Å². The van der Waals surface area contributed by atoms with Crippen molar-refractivity contribution < 1.29 is 9.53 Å². The minimum atomic E-state index is -0.592. The SMILES string of the molecule is CCC(Oc1cncc(Br)c1)C(N)=O. The molecule has 0 spiro atoms. The molecule has 0 aromatic carbocycles. The van der Waals surface area contributed by atoms with E-state index in [1.807, 2.05) is 6.92 Å². The Morgan fingerprint density at radius 2 is 2.43 bits per heavy atom. The third-order valence-electron chi connectivity index (χ3n) is 1.65. The molecule has 1 aromatic rings. The summed E-state index contributed by atoms with van der Waals surface area (Å²) in [5, 5.41) is 0. The van der Waals surface area contributed by atoms with E-state index in [1.54, 1.807) is 12.3 Å². The molecule has 76 valence electrons. The number of hydrogen-bond acceptors (Lipinski definition) is 3. The molecule has 2 N–H and O–H groups in total. The van der Waals surface area contributed by atoms with Gasteiger partial charge in [0, 0.05) is 10.7 Å². The van der Waals surface area contributed by atoms with Crippen molar-refractivity contribution in [1.29, 1.82) is 0 Å². The maximum Gasteiger partial charge on any atom is 0.258 e. The highest BCUT2D eigenvalue weighted by atomic mass is 79.9. The fraction of sp³-hybridized carbons (Fsp3) is 0.333. The second kappa shape index (κ2) is 4.95. The van der Waals surface area contributed by atoms with Crippen LogP contribution in [-0.2, 0) is 4.79 Å². The van der Waals surface area contributed by atoms with Gasteiger partial charge in [-0.2, -0.15) is 0 Å². The first kappa shape index (κ1) is 11.0. The van der Waals surface area contributed by atoms with Crippen molar-refractivity contribution in [3.05, 3.63) is 22.9 Å². The molecule has 0 aliphatic heterocycles. The number of ether oxygens (including phenoxy) is 1. The summed E-state index contributed by atoms with van der Waals surface area (Å²) in [5.74, 6) is 0.0671. The minimum absolute atomic E-state index is 0.465. The van der Waals surface area contributed by atoms with Crippen LogP contribution in [0.25, 0.3) is 0 Å². The van der Waals surface area contributed by atoms with Gasteiger partial charge < -0.3 is 10.5 Å². The maximum atomic E-state index is 10.9. The standard InChI is InChI=1S/C9H11BrN2O2/c1-2-8(9(11)13)14-7-3-6(10)4-12-5-7/h3-5,8H,2H2,1H3,(H2,11,13). The van der Waals surface area contributed by atoms with Crippen LogP contribution in [-0.4, -0.2) is 17.0 Å². The molecule has 1 aromatic heterocycles. The van der Waals surface area contributed by atoms with Crippen molar-refractivity contribution in [2.75, 3.05) is 0 Å². The quantitative estimate of drug-likeness (QED) is 0.890. The van der Waals surface area contributed by atoms with Crippen LogP contribution in [0, 0.1) is 0 Å². The lowest BCUT2D eigenvalue weighted by Gasteiger charge is -2.13. The van der Waals surface area contributed by atoms with Gasteiger partial charge >= 0.3 is 0 Å². The van der Waals surface area contributed by atoms with E-state index in [9.17, 15) is 4.79 Å². The third kappa shape index (κ3) is 2.99. The summed E-state index contributed by atoms with van der Waals surface area (Å²) >= 11 is 3.25. The highest BCUT2D eigenvalue weighted by molar-refractivity contribution is 9.10. The number of pyridine rings is 1. The Morgan fingerprint density at radius 1 is 1.71 bits per heavy atom. The van der Waals surface area contributed by atoms with Gasteiger partial charge in [0.15, 0.2) is 6.10 Å². The molecule has 0 bridgehead atoms. The molecule has 0 saturated carbocycles. The lowest BCUT2D eigenvalue weighted by Crippen LogP contribution is -2.32. The van der Waals surface area contributed by atoms with Gasteiger partial charge in [0.05, 0.1) is 6.20 Å². The first-order valence-electron chi connectivity index (χ1n) is 4.20. The average Bonchev–Trinajstić information content (AvgIpc) is 2.14. The van der Waals surface area contributed by atoms with Crippen molar-refractivity contribution in [3.8, 4) is 5.75 Å². The Kier molecular flexibility index (Phi) is 3.88. The number of halogens is 1. The zero-order valence-corrected chi connectivity index (χ0v) is 9.32. The summed E-state index contributed by atoms with van der Waals surface area (Å²) in [6, 6.07) is 1.73. The zero-order valence-electron chi connectivity index (χ0n) is 7.74. The van der Waals surface area contributed by atoms with Crippen molar-refractivity contribution in [1.82, 2.24) is 4.98 Å². The summed E-state index contributed by atoms with van der Waals surface area (Å²) in [7, 11) is 0. The number of nitrogens with two attached hydrogens (primary N) is 1. The highest BCUT2D eigenvalue weighted by Crippen LogP contribution is 2.17. The largest absolute Gasteiger partial charge is 0.479 e. The van der Waals surface area contributed by atoms with Crippen molar-refractivity contribution in [2.24, 2.45) is 5.73 Å². The first-order valence-corrected chi connectivity index (χ1v) is 4.99. The molecule has 0 aliphatic carbocycles. The first-order chi connectivity index (χ1) is 6.63. The molecule has 4 nitrogen and oxygen atoms in total. The number of carbonyl (C=O) groups is 1. The van der Waals surface area contributed by atoms with Crippen molar-refractivity contribution in [3.63, 3.8) is 0 Å². The van der Waals surface area contributed by atoms with E-state index in [2.05, 4.69) is 20.9 Å². The van der Waals surface area contributed by atoms with E-state index < -0.39 is 12.0 Å². The van der Waals surface area contributed by atoms with Gasteiger partial charge in [0.25, 0.3) is 5.91 Å². The lowest BCUT2D eigenvalue weighted by atomic mass is 10.2. The van der Waals surface area contributed by atoms with Gasteiger partial charge in [-0.05, 0) is 28.4 Å². The molecule has 0 aliphatic rings. The van der Waals surface area contributed by atoms with Crippen LogP contribution in [0.1, 0.15) is 13.3 Å². The van der Waals surface area contributed by atoms with Crippen LogP contribution < -0.4 is 10.5 Å². The number of hydrogen-bond donors (Lipinski definition) is 1. The van der Waals surface area contributed by atoms with Gasteiger partial charge in [-0.3, -0.25) is 9.78 Å². The number of nitrogens with zero attached hydrogens (tertiary/aromatic N) is 1. The minimum Gasteiger partial charge on any atom is -0.479 e. The smallest absolute Gasteiger partial charge is 0.258 e. The molecule has 14 heavy (non-hydrogen) atoms. The summed E-state index contributed by atoms with van der Waals surface area (Å²) in [6.07, 6.45) is 3.13. The molecule has 1 atom stereocenters. The summed E-state index contributed by atoms with van der Waals surface area (Å²) in [4.78, 5) is 14.8. The van der Waals surface area contributed by atoms with Crippen LogP contribution >= 0.6 is 15.9 Å². The van der Waals surface area contributed by atoms with Gasteiger partial charge in [-0.1, -0.05) is 6.92 Å². The molecule has 0 saturated heterocycles. The van der Waals surface area contributed by atoms with Crippen LogP contribution in [0.5, 0.6) is 5.75 Å². The number of primary amides is 1. The van der Waals surface area contributed by atoms with Crippen LogP contribution in [0.3, 0.4) is 0 Å². The van der Waals surface area contributed by atoms with E-state index in [1.165, 1.54) is 6.20 Å². The van der Waals surface area contributed by atoms with E-state index in [-0.39, 0.29) is 0 Å². The molecule has 1 unspecified atom stereocenters. The van der Waals surface area contributed by atoms with Gasteiger partial charge in [0.2, 0.25) is 0 Å². The normalized spacial score (nSPS) is 12.1. The molecule has 1 amide bonds. The number of carbonyl (C=O) groups excluding carboxylic acids is 1. The fourth-order valence-corrected chi connectivity index (χ4v) is 1.31. The monoisotopic (exact) mass is 258 g/mol. The predicted octanol–water partition coefficient (Wildman–Crippen LogP) is 1.49. The highest BCUT2D eigenvalue weighted by Gasteiger charge is 2.14. The molecule has 1 rings (SSSR count). The van der Waals surface area contributed by atoms with Gasteiger partial charge in [-0.15, -0.1) is 0 Å². The van der Waals surface area contributed by atoms with Crippen molar-refractivity contribution in [2.45, 2.75) is 19.4 Å². The van der Waals surface area contributed by atoms with Gasteiger partial charge in [0.1, 0.15) is 5.75 Å². The summed E-state index contributed by atoms with van der Waals surface area (Å²) in [6.45, 7) is 1.83. The second-order valence-corrected chi connectivity index (χ2v) is 3.67. The van der Waals surface area contributed by atoms with Crippen LogP contribution in [0.15, 0.2) is 22.9 Å². The van der Waals surface area contributed by atoms with E-state index in [0.717, 1.165) is 4.47 Å². The number of amides is 1. The molecular weight excluding hydrogens is 248 g/mol. The zero-order chi connectivity index (χ0) is 10.6. The Bertz CT molecular complexity index is 330. The average molecular weight is 259 g/mol. The number of aromatic nitrogens is 1. The molecule has 5 heteroatoms. The fourth-order valence-electron chi connectivity index (χ4n) is 0.964. The predicted molar refractivity (Wildman–Crippen MR) is 55.8 cm³/mol. The summed E-state index contributed by atoms with van der Waals surface area (Å²) < 4.78 is 6.14. The van der Waals surface area contributed by atoms with Gasteiger partial charge in [-0.25, -0.2) is 0 Å². The lowest BCUT2D eigenvalue weighted by molar-refractivity contribution is -0.124. The Balaban J connectivity index is 2.72. The second-order valence-electron chi connectivity index (χ2n) is 2.76. The third-order valence-corrected chi connectivity index (χ3v) is 2.08. The van der Waals surface area contributed by atoms with E-state index in [4.69, 9.17) is 10.5 Å². The molecule has 1 heterocycles. The van der Waals surface area contributed by atoms with Crippen LogP contribution in [0.2, 0.25) is 0 Å². The maximum absolute atomic E-state index is 10.9. The molecule has 0 fully saturated rings. The summed E-state index contributed by atoms with van der Waals surface area (Å²) in [5.41, 5.74) is 5.14. The molecule has 0 radical (unpaired) electrons. The van der Waals surface area contributed by atoms with E-state index >= 15 is 0 Å². The van der Waals surface area contributed by atoms with E-state index in [0.29, 0.717) is 12.2 Å². The Hall–Kier alpha value is -1.10. The molecular formula is C9H11BrN2O2. The van der Waals surface area contributed by atoms with Crippen molar-refractivity contribution >= 4 is 21.8 Å². The number of rotatable bonds is 4. The Morgan fingerprint density at radius 3 is 2.93 bits per heavy atom. The Labute approximate surface area is 90.6 Å².